The van der Waals surface area contributed by atoms with Crippen molar-refractivity contribution >= 4 is 48.4 Å². The minimum atomic E-state index is -0.568. The Morgan fingerprint density at radius 1 is 0.923 bits per heavy atom. The number of aliphatic hydroxyl groups excluding tert-OH is 1. The van der Waals surface area contributed by atoms with E-state index in [-0.39, 0.29) is 0 Å². The molecule has 0 spiro atoms. The smallest absolute Gasteiger partial charge is 0.113 e. The first-order valence-electron chi connectivity index (χ1n) is 8.68. The maximum atomic E-state index is 10.7. The zero-order valence-electron chi connectivity index (χ0n) is 15.0. The molecule has 4 rings (SSSR count). The van der Waals surface area contributed by atoms with Crippen molar-refractivity contribution in [3.63, 3.8) is 0 Å². The monoisotopic (exact) mass is 339 g/mol. The molecular formula is C20H19B2N3O. The van der Waals surface area contributed by atoms with E-state index >= 15 is 0 Å². The fourth-order valence-electron chi connectivity index (χ4n) is 3.66. The van der Waals surface area contributed by atoms with Crippen molar-refractivity contribution in [1.29, 1.82) is 0 Å². The lowest BCUT2D eigenvalue weighted by Gasteiger charge is -2.15. The standard InChI is InChI=1S/C20H19B2N3O/c1-12-7-13(2)25(23-12)11-16(26)10-24-19-5-3-14(21)8-17(19)18-9-15(22)4-6-20(18)24/h3-9,16,26H,10-11H2,1-2H3. The summed E-state index contributed by atoms with van der Waals surface area (Å²) < 4.78 is 3.98. The van der Waals surface area contributed by atoms with E-state index in [2.05, 4.69) is 9.67 Å². The molecule has 126 valence electrons. The van der Waals surface area contributed by atoms with E-state index in [4.69, 9.17) is 15.7 Å². The molecule has 4 nitrogen and oxygen atoms in total. The lowest BCUT2D eigenvalue weighted by Crippen LogP contribution is -2.23. The van der Waals surface area contributed by atoms with Crippen molar-refractivity contribution in [3.05, 3.63) is 53.9 Å². The third-order valence-corrected chi connectivity index (χ3v) is 4.79. The molecule has 1 atom stereocenters. The minimum absolute atomic E-state index is 0.449. The lowest BCUT2D eigenvalue weighted by atomic mass is 9.92. The first-order chi connectivity index (χ1) is 12.4. The molecule has 0 saturated heterocycles. The summed E-state index contributed by atoms with van der Waals surface area (Å²) in [5, 5.41) is 17.2. The maximum Gasteiger partial charge on any atom is 0.113 e. The van der Waals surface area contributed by atoms with Gasteiger partial charge in [-0.25, -0.2) is 0 Å². The summed E-state index contributed by atoms with van der Waals surface area (Å²) in [5.74, 6) is 0. The van der Waals surface area contributed by atoms with Crippen molar-refractivity contribution < 1.29 is 5.11 Å². The number of benzene rings is 2. The second-order valence-corrected chi connectivity index (χ2v) is 6.93. The summed E-state index contributed by atoms with van der Waals surface area (Å²) in [7, 11) is 12.0. The number of aliphatic hydroxyl groups is 1. The molecule has 0 saturated carbocycles. The largest absolute Gasteiger partial charge is 0.389 e. The summed E-state index contributed by atoms with van der Waals surface area (Å²) in [4.78, 5) is 0. The van der Waals surface area contributed by atoms with Gasteiger partial charge in [0, 0.05) is 27.5 Å². The van der Waals surface area contributed by atoms with Crippen LogP contribution in [0.5, 0.6) is 0 Å². The molecule has 0 bridgehead atoms. The number of rotatable bonds is 4. The number of hydrogen-bond donors (Lipinski definition) is 1. The molecular weight excluding hydrogens is 320 g/mol. The lowest BCUT2D eigenvalue weighted by molar-refractivity contribution is 0.132. The fourth-order valence-corrected chi connectivity index (χ4v) is 3.66. The molecule has 1 unspecified atom stereocenters. The summed E-state index contributed by atoms with van der Waals surface area (Å²) in [6.07, 6.45) is -0.568. The first-order valence-corrected chi connectivity index (χ1v) is 8.68. The van der Waals surface area contributed by atoms with Crippen LogP contribution in [-0.4, -0.2) is 41.3 Å². The molecule has 26 heavy (non-hydrogen) atoms. The van der Waals surface area contributed by atoms with Crippen LogP contribution in [0.3, 0.4) is 0 Å². The van der Waals surface area contributed by atoms with Crippen LogP contribution < -0.4 is 10.9 Å². The Morgan fingerprint density at radius 2 is 1.50 bits per heavy atom. The Balaban J connectivity index is 1.76. The van der Waals surface area contributed by atoms with Gasteiger partial charge in [0.15, 0.2) is 0 Å². The molecule has 2 aromatic carbocycles. The average molecular weight is 339 g/mol. The molecule has 4 radical (unpaired) electrons. The highest BCUT2D eigenvalue weighted by Crippen LogP contribution is 2.28. The summed E-state index contributed by atoms with van der Waals surface area (Å²) in [6.45, 7) is 4.87. The van der Waals surface area contributed by atoms with Gasteiger partial charge in [0.1, 0.15) is 15.7 Å². The predicted molar refractivity (Wildman–Crippen MR) is 108 cm³/mol. The fraction of sp³-hybridized carbons (Fsp3) is 0.250. The molecule has 6 heteroatoms. The highest BCUT2D eigenvalue weighted by molar-refractivity contribution is 6.35. The van der Waals surface area contributed by atoms with E-state index in [1.54, 1.807) is 0 Å². The van der Waals surface area contributed by atoms with Crippen LogP contribution in [-0.2, 0) is 13.1 Å². The number of nitrogens with zero attached hydrogens (tertiary/aromatic N) is 3. The van der Waals surface area contributed by atoms with Gasteiger partial charge in [-0.3, -0.25) is 4.68 Å². The Labute approximate surface area is 155 Å². The van der Waals surface area contributed by atoms with Crippen LogP contribution >= 0.6 is 0 Å². The third kappa shape index (κ3) is 2.95. The van der Waals surface area contributed by atoms with E-state index in [0.717, 1.165) is 33.2 Å². The molecule has 0 aliphatic rings. The zero-order chi connectivity index (χ0) is 18.4. The molecule has 0 aliphatic heterocycles. The van der Waals surface area contributed by atoms with E-state index in [1.807, 2.05) is 61.0 Å². The van der Waals surface area contributed by atoms with Crippen LogP contribution in [0, 0.1) is 13.8 Å². The molecule has 0 fully saturated rings. The maximum absolute atomic E-state index is 10.7. The Hall–Kier alpha value is -2.46. The number of aryl methyl sites for hydroxylation is 2. The van der Waals surface area contributed by atoms with E-state index in [0.29, 0.717) is 24.0 Å². The van der Waals surface area contributed by atoms with Crippen LogP contribution in [0.2, 0.25) is 0 Å². The van der Waals surface area contributed by atoms with Crippen molar-refractivity contribution in [2.75, 3.05) is 0 Å². The quantitative estimate of drug-likeness (QED) is 0.569. The SMILES string of the molecule is [B]c1ccc2c(c1)c1cc([B])ccc1n2CC(O)Cn1nc(C)cc1C. The van der Waals surface area contributed by atoms with Crippen LogP contribution in [0.4, 0.5) is 0 Å². The molecule has 2 heterocycles. The zero-order valence-corrected chi connectivity index (χ0v) is 15.0. The van der Waals surface area contributed by atoms with Crippen molar-refractivity contribution in [2.45, 2.75) is 33.0 Å². The Bertz CT molecular complexity index is 1050. The van der Waals surface area contributed by atoms with Crippen LogP contribution in [0.15, 0.2) is 42.5 Å². The molecule has 2 aromatic heterocycles. The molecule has 0 amide bonds. The molecule has 1 N–H and O–H groups in total. The van der Waals surface area contributed by atoms with E-state index in [1.165, 1.54) is 0 Å². The van der Waals surface area contributed by atoms with Gasteiger partial charge in [-0.05, 0) is 32.0 Å². The molecule has 4 aromatic rings. The van der Waals surface area contributed by atoms with Gasteiger partial charge in [-0.1, -0.05) is 35.2 Å². The van der Waals surface area contributed by atoms with E-state index < -0.39 is 6.10 Å². The highest BCUT2D eigenvalue weighted by Gasteiger charge is 2.15. The average Bonchev–Trinajstić information content (AvgIpc) is 3.04. The summed E-state index contributed by atoms with van der Waals surface area (Å²) in [5.41, 5.74) is 5.49. The molecule has 0 aliphatic carbocycles. The van der Waals surface area contributed by atoms with Gasteiger partial charge in [-0.15, -0.1) is 0 Å². The van der Waals surface area contributed by atoms with Gasteiger partial charge in [0.05, 0.1) is 24.9 Å². The number of hydrogen-bond acceptors (Lipinski definition) is 2. The van der Waals surface area contributed by atoms with Gasteiger partial charge >= 0.3 is 0 Å². The highest BCUT2D eigenvalue weighted by atomic mass is 16.3. The van der Waals surface area contributed by atoms with E-state index in [9.17, 15) is 5.11 Å². The normalized spacial score (nSPS) is 12.9. The van der Waals surface area contributed by atoms with Crippen LogP contribution in [0.25, 0.3) is 21.8 Å². The van der Waals surface area contributed by atoms with Gasteiger partial charge in [0.25, 0.3) is 0 Å². The number of fused-ring (bicyclic) bond motifs is 3. The van der Waals surface area contributed by atoms with Gasteiger partial charge in [0.2, 0.25) is 0 Å². The number of aromatic nitrogens is 3. The summed E-state index contributed by atoms with van der Waals surface area (Å²) >= 11 is 0. The first kappa shape index (κ1) is 17.0. The second kappa shape index (κ2) is 6.36. The minimum Gasteiger partial charge on any atom is -0.389 e. The third-order valence-electron chi connectivity index (χ3n) is 4.79. The second-order valence-electron chi connectivity index (χ2n) is 6.93. The van der Waals surface area contributed by atoms with Crippen molar-refractivity contribution in [2.24, 2.45) is 0 Å². The van der Waals surface area contributed by atoms with Crippen molar-refractivity contribution in [3.8, 4) is 0 Å². The topological polar surface area (TPSA) is 43.0 Å². The van der Waals surface area contributed by atoms with Crippen molar-refractivity contribution in [1.82, 2.24) is 14.3 Å². The predicted octanol–water partition coefficient (Wildman–Crippen LogP) is 1.26. The Morgan fingerprint density at radius 3 is 2.00 bits per heavy atom. The van der Waals surface area contributed by atoms with Gasteiger partial charge < -0.3 is 9.67 Å². The Kier molecular flexibility index (Phi) is 4.16. The van der Waals surface area contributed by atoms with Crippen LogP contribution in [0.1, 0.15) is 11.4 Å². The summed E-state index contributed by atoms with van der Waals surface area (Å²) in [6, 6.07) is 13.7. The van der Waals surface area contributed by atoms with Gasteiger partial charge in [-0.2, -0.15) is 5.10 Å².